The number of piperidine rings is 1. The first kappa shape index (κ1) is 18.3. The predicted molar refractivity (Wildman–Crippen MR) is 105 cm³/mol. The van der Waals surface area contributed by atoms with E-state index in [0.717, 1.165) is 43.2 Å². The van der Waals surface area contributed by atoms with Crippen molar-refractivity contribution in [1.82, 2.24) is 5.32 Å². The van der Waals surface area contributed by atoms with E-state index in [1.54, 1.807) is 21.3 Å². The summed E-state index contributed by atoms with van der Waals surface area (Å²) < 4.78 is 16.3. The molecule has 0 bridgehead atoms. The first-order chi connectivity index (χ1) is 12.7. The lowest BCUT2D eigenvalue weighted by atomic mass is 9.87. The van der Waals surface area contributed by atoms with E-state index in [9.17, 15) is 0 Å². The van der Waals surface area contributed by atoms with Crippen LogP contribution in [0, 0.1) is 6.92 Å². The van der Waals surface area contributed by atoms with Gasteiger partial charge >= 0.3 is 0 Å². The number of nitrogens with one attached hydrogen (secondary N) is 1. The van der Waals surface area contributed by atoms with Gasteiger partial charge in [-0.05, 0) is 78.4 Å². The van der Waals surface area contributed by atoms with Crippen LogP contribution in [0.5, 0.6) is 17.2 Å². The van der Waals surface area contributed by atoms with Gasteiger partial charge in [-0.25, -0.2) is 0 Å². The van der Waals surface area contributed by atoms with Gasteiger partial charge in [0, 0.05) is 6.54 Å². The normalized spacial score (nSPS) is 16.2. The summed E-state index contributed by atoms with van der Waals surface area (Å²) in [7, 11) is 5.04. The fraction of sp³-hybridized carbons (Fsp3) is 0.364. The number of benzene rings is 2. The monoisotopic (exact) mass is 353 g/mol. The topological polar surface area (TPSA) is 39.7 Å². The smallest absolute Gasteiger partial charge is 0.161 e. The van der Waals surface area contributed by atoms with E-state index in [-0.39, 0.29) is 0 Å². The summed E-state index contributed by atoms with van der Waals surface area (Å²) in [5, 5.41) is 3.51. The fourth-order valence-corrected chi connectivity index (χ4v) is 3.53. The Morgan fingerprint density at radius 2 is 1.62 bits per heavy atom. The standard InChI is InChI=1S/C22H27NO3/c1-15-12-20(25-3)21(26-4)13-19(15)22(17-6-5-11-23-14-17)16-7-9-18(24-2)10-8-16/h7-10,12-13,23H,5-6,11,14H2,1-4H3/b22-17+. The molecule has 0 atom stereocenters. The van der Waals surface area contributed by atoms with Gasteiger partial charge in [-0.3, -0.25) is 0 Å². The number of ether oxygens (including phenoxy) is 3. The molecule has 3 rings (SSSR count). The summed E-state index contributed by atoms with van der Waals surface area (Å²) in [5.41, 5.74) is 6.26. The van der Waals surface area contributed by atoms with Crippen molar-refractivity contribution in [3.05, 3.63) is 58.7 Å². The second kappa shape index (κ2) is 8.28. The molecular formula is C22H27NO3. The molecule has 0 aromatic heterocycles. The third-order valence-corrected chi connectivity index (χ3v) is 4.90. The molecule has 1 aliphatic heterocycles. The summed E-state index contributed by atoms with van der Waals surface area (Å²) in [5.74, 6) is 2.38. The van der Waals surface area contributed by atoms with E-state index in [4.69, 9.17) is 14.2 Å². The highest BCUT2D eigenvalue weighted by Crippen LogP contribution is 2.38. The first-order valence-corrected chi connectivity index (χ1v) is 8.98. The third kappa shape index (κ3) is 3.70. The maximum atomic E-state index is 5.56. The van der Waals surface area contributed by atoms with Crippen molar-refractivity contribution in [2.75, 3.05) is 34.4 Å². The summed E-state index contributed by atoms with van der Waals surface area (Å²) in [6.45, 7) is 4.11. The molecule has 1 fully saturated rings. The Hall–Kier alpha value is -2.46. The summed E-state index contributed by atoms with van der Waals surface area (Å²) in [6, 6.07) is 12.4. The van der Waals surface area contributed by atoms with Gasteiger partial charge < -0.3 is 19.5 Å². The zero-order valence-corrected chi connectivity index (χ0v) is 16.0. The van der Waals surface area contributed by atoms with Crippen molar-refractivity contribution in [2.45, 2.75) is 19.8 Å². The predicted octanol–water partition coefficient (Wildman–Crippen LogP) is 4.21. The van der Waals surface area contributed by atoms with Crippen LogP contribution >= 0.6 is 0 Å². The van der Waals surface area contributed by atoms with Crippen molar-refractivity contribution in [2.24, 2.45) is 0 Å². The number of aryl methyl sites for hydroxylation is 1. The highest BCUT2D eigenvalue weighted by molar-refractivity contribution is 5.85. The Labute approximate surface area is 155 Å². The second-order valence-electron chi connectivity index (χ2n) is 6.51. The highest BCUT2D eigenvalue weighted by atomic mass is 16.5. The Morgan fingerprint density at radius 1 is 0.923 bits per heavy atom. The summed E-state index contributed by atoms with van der Waals surface area (Å²) >= 11 is 0. The van der Waals surface area contributed by atoms with E-state index in [2.05, 4.69) is 36.5 Å². The van der Waals surface area contributed by atoms with Gasteiger partial charge in [-0.2, -0.15) is 0 Å². The quantitative estimate of drug-likeness (QED) is 0.874. The van der Waals surface area contributed by atoms with E-state index in [1.807, 2.05) is 12.1 Å². The minimum Gasteiger partial charge on any atom is -0.497 e. The van der Waals surface area contributed by atoms with E-state index < -0.39 is 0 Å². The zero-order chi connectivity index (χ0) is 18.5. The van der Waals surface area contributed by atoms with E-state index >= 15 is 0 Å². The average Bonchev–Trinajstić information content (AvgIpc) is 2.70. The number of methoxy groups -OCH3 is 3. The molecule has 1 N–H and O–H groups in total. The molecule has 26 heavy (non-hydrogen) atoms. The maximum Gasteiger partial charge on any atom is 0.161 e. The van der Waals surface area contributed by atoms with Gasteiger partial charge in [0.15, 0.2) is 11.5 Å². The molecule has 0 saturated carbocycles. The van der Waals surface area contributed by atoms with Gasteiger partial charge in [0.1, 0.15) is 5.75 Å². The van der Waals surface area contributed by atoms with Crippen molar-refractivity contribution in [1.29, 1.82) is 0 Å². The molecule has 138 valence electrons. The zero-order valence-electron chi connectivity index (χ0n) is 16.0. The van der Waals surface area contributed by atoms with Crippen LogP contribution in [0.2, 0.25) is 0 Å². The van der Waals surface area contributed by atoms with Crippen molar-refractivity contribution < 1.29 is 14.2 Å². The highest BCUT2D eigenvalue weighted by Gasteiger charge is 2.19. The van der Waals surface area contributed by atoms with Gasteiger partial charge in [-0.1, -0.05) is 12.1 Å². The van der Waals surface area contributed by atoms with Gasteiger partial charge in [0.05, 0.1) is 21.3 Å². The van der Waals surface area contributed by atoms with Gasteiger partial charge in [-0.15, -0.1) is 0 Å². The molecule has 4 heteroatoms. The van der Waals surface area contributed by atoms with Crippen LogP contribution in [0.15, 0.2) is 42.0 Å². The SMILES string of the molecule is COc1ccc(/C(=C2/CCCNC2)c2cc(OC)c(OC)cc2C)cc1. The molecule has 0 aliphatic carbocycles. The minimum absolute atomic E-state index is 0.753. The first-order valence-electron chi connectivity index (χ1n) is 8.98. The lowest BCUT2D eigenvalue weighted by molar-refractivity contribution is 0.354. The molecule has 0 spiro atoms. The van der Waals surface area contributed by atoms with Crippen LogP contribution in [-0.2, 0) is 0 Å². The fourth-order valence-electron chi connectivity index (χ4n) is 3.53. The minimum atomic E-state index is 0.753. The van der Waals surface area contributed by atoms with E-state index in [0.29, 0.717) is 0 Å². The molecule has 1 aliphatic rings. The van der Waals surface area contributed by atoms with Crippen molar-refractivity contribution in [3.63, 3.8) is 0 Å². The number of hydrogen-bond acceptors (Lipinski definition) is 4. The molecule has 1 heterocycles. The van der Waals surface area contributed by atoms with Crippen molar-refractivity contribution >= 4 is 5.57 Å². The molecule has 2 aromatic carbocycles. The number of hydrogen-bond donors (Lipinski definition) is 1. The Kier molecular flexibility index (Phi) is 5.84. The molecule has 0 amide bonds. The molecular weight excluding hydrogens is 326 g/mol. The Morgan fingerprint density at radius 3 is 2.19 bits per heavy atom. The van der Waals surface area contributed by atoms with Crippen LogP contribution in [0.4, 0.5) is 0 Å². The molecule has 0 unspecified atom stereocenters. The van der Waals surface area contributed by atoms with Crippen LogP contribution in [0.1, 0.15) is 29.5 Å². The third-order valence-electron chi connectivity index (χ3n) is 4.90. The summed E-state index contributed by atoms with van der Waals surface area (Å²) in [6.07, 6.45) is 2.25. The second-order valence-corrected chi connectivity index (χ2v) is 6.51. The molecule has 0 radical (unpaired) electrons. The van der Waals surface area contributed by atoms with Gasteiger partial charge in [0.2, 0.25) is 0 Å². The lowest BCUT2D eigenvalue weighted by Crippen LogP contribution is -2.25. The van der Waals surface area contributed by atoms with Crippen molar-refractivity contribution in [3.8, 4) is 17.2 Å². The molecule has 4 nitrogen and oxygen atoms in total. The summed E-state index contributed by atoms with van der Waals surface area (Å²) in [4.78, 5) is 0. The van der Waals surface area contributed by atoms with Gasteiger partial charge in [0.25, 0.3) is 0 Å². The average molecular weight is 353 g/mol. The largest absolute Gasteiger partial charge is 0.497 e. The van der Waals surface area contributed by atoms with Crippen LogP contribution < -0.4 is 19.5 Å². The maximum absolute atomic E-state index is 5.56. The Bertz CT molecular complexity index is 786. The molecule has 2 aromatic rings. The lowest BCUT2D eigenvalue weighted by Gasteiger charge is -2.23. The van der Waals surface area contributed by atoms with Crippen LogP contribution in [0.25, 0.3) is 5.57 Å². The van der Waals surface area contributed by atoms with Crippen LogP contribution in [-0.4, -0.2) is 34.4 Å². The van der Waals surface area contributed by atoms with Crippen LogP contribution in [0.3, 0.4) is 0 Å². The molecule has 1 saturated heterocycles. The van der Waals surface area contributed by atoms with E-state index in [1.165, 1.54) is 27.8 Å². The Balaban J connectivity index is 2.18. The number of rotatable bonds is 5.